The number of carbonyl (C=O) groups excluding carboxylic acids is 2. The van der Waals surface area contributed by atoms with Gasteiger partial charge in [-0.2, -0.15) is 0 Å². The van der Waals surface area contributed by atoms with Crippen LogP contribution in [0.5, 0.6) is 0 Å². The molecular weight excluding hydrogens is 735 g/mol. The maximum absolute atomic E-state index is 12.5. The molecule has 9 heteroatoms. The lowest BCUT2D eigenvalue weighted by atomic mass is 10.0. The number of unbranched alkanes of at least 4 members (excludes halogenated alkanes) is 24. The minimum absolute atomic E-state index is 0.233. The van der Waals surface area contributed by atoms with E-state index < -0.39 is 26.5 Å². The Kier molecular flexibility index (Phi) is 42.1. The Labute approximate surface area is 350 Å². The van der Waals surface area contributed by atoms with Crippen molar-refractivity contribution in [2.75, 3.05) is 20.3 Å². The maximum Gasteiger partial charge on any atom is 0.472 e. The molecule has 0 bridgehead atoms. The number of allylic oxidation sites excluding steroid dienone is 8. The zero-order valence-corrected chi connectivity index (χ0v) is 37.9. The van der Waals surface area contributed by atoms with Gasteiger partial charge in [0, 0.05) is 20.0 Å². The summed E-state index contributed by atoms with van der Waals surface area (Å²) in [7, 11) is -3.21. The molecule has 0 radical (unpaired) electrons. The highest BCUT2D eigenvalue weighted by atomic mass is 31.2. The molecule has 0 rings (SSSR count). The van der Waals surface area contributed by atoms with Crippen LogP contribution < -0.4 is 0 Å². The van der Waals surface area contributed by atoms with E-state index in [1.54, 1.807) is 0 Å². The van der Waals surface area contributed by atoms with E-state index in [0.29, 0.717) is 6.42 Å². The number of phosphoric ester groups is 1. The van der Waals surface area contributed by atoms with Crippen molar-refractivity contribution < 1.29 is 37.6 Å². The van der Waals surface area contributed by atoms with E-state index >= 15 is 0 Å². The Morgan fingerprint density at radius 3 is 1.26 bits per heavy atom. The van der Waals surface area contributed by atoms with E-state index in [1.165, 1.54) is 116 Å². The van der Waals surface area contributed by atoms with Crippen LogP contribution in [0.2, 0.25) is 0 Å². The van der Waals surface area contributed by atoms with E-state index in [1.807, 2.05) is 0 Å². The molecule has 0 aromatic carbocycles. The van der Waals surface area contributed by atoms with Crippen LogP contribution in [0.25, 0.3) is 0 Å². The van der Waals surface area contributed by atoms with Crippen LogP contribution in [0.4, 0.5) is 0 Å². The number of phosphoric acid groups is 1. The Balaban J connectivity index is 3.95. The van der Waals surface area contributed by atoms with Crippen molar-refractivity contribution in [1.29, 1.82) is 0 Å². The molecule has 0 heterocycles. The summed E-state index contributed by atoms with van der Waals surface area (Å²) in [4.78, 5) is 34.5. The van der Waals surface area contributed by atoms with E-state index in [4.69, 9.17) is 14.0 Å². The molecule has 0 amide bonds. The predicted octanol–water partition coefficient (Wildman–Crippen LogP) is 15.0. The summed E-state index contributed by atoms with van der Waals surface area (Å²) < 4.78 is 32.0. The lowest BCUT2D eigenvalue weighted by molar-refractivity contribution is -0.161. The average Bonchev–Trinajstić information content (AvgIpc) is 3.20. The average molecular weight is 823 g/mol. The van der Waals surface area contributed by atoms with E-state index in [9.17, 15) is 19.0 Å². The van der Waals surface area contributed by atoms with Gasteiger partial charge in [-0.3, -0.25) is 18.6 Å². The largest absolute Gasteiger partial charge is 0.472 e. The fraction of sp³-hybridized carbons (Fsp3) is 0.792. The normalized spacial score (nSPS) is 13.7. The van der Waals surface area contributed by atoms with Gasteiger partial charge < -0.3 is 14.4 Å². The van der Waals surface area contributed by atoms with Crippen LogP contribution >= 0.6 is 7.82 Å². The van der Waals surface area contributed by atoms with Gasteiger partial charge in [-0.15, -0.1) is 0 Å². The molecule has 0 aliphatic carbocycles. The maximum atomic E-state index is 12.5. The predicted molar refractivity (Wildman–Crippen MR) is 239 cm³/mol. The molecule has 0 saturated heterocycles. The van der Waals surface area contributed by atoms with Crippen molar-refractivity contribution in [2.24, 2.45) is 0 Å². The van der Waals surface area contributed by atoms with E-state index in [-0.39, 0.29) is 25.4 Å². The first-order valence-corrected chi connectivity index (χ1v) is 24.8. The molecule has 0 aromatic rings. The lowest BCUT2D eigenvalue weighted by Gasteiger charge is -2.19. The molecule has 57 heavy (non-hydrogen) atoms. The molecule has 0 spiro atoms. The van der Waals surface area contributed by atoms with Gasteiger partial charge in [0.1, 0.15) is 6.61 Å². The molecule has 0 aliphatic heterocycles. The van der Waals surface area contributed by atoms with Crippen molar-refractivity contribution in [3.8, 4) is 0 Å². The first-order valence-electron chi connectivity index (χ1n) is 23.3. The Morgan fingerprint density at radius 1 is 0.491 bits per heavy atom. The SMILES string of the molecule is CCCCC/C=C\C/C=C\CCCCCCCC(=O)OCC(COP(=O)(O)OC)OC(=O)CCCCCCCCCCCCC/C=C\C/C=C\CCCCCCC. The third kappa shape index (κ3) is 43.4. The Morgan fingerprint density at radius 2 is 0.842 bits per heavy atom. The van der Waals surface area contributed by atoms with Crippen LogP contribution in [0.1, 0.15) is 219 Å². The molecule has 2 atom stereocenters. The fourth-order valence-corrected chi connectivity index (χ4v) is 6.88. The van der Waals surface area contributed by atoms with Gasteiger partial charge in [-0.05, 0) is 77.0 Å². The van der Waals surface area contributed by atoms with E-state index in [2.05, 4.69) is 67.0 Å². The summed E-state index contributed by atoms with van der Waals surface area (Å²) in [6.45, 7) is 3.85. The number of rotatable bonds is 43. The summed E-state index contributed by atoms with van der Waals surface area (Å²) in [5.41, 5.74) is 0. The molecule has 8 nitrogen and oxygen atoms in total. The molecule has 0 saturated carbocycles. The second kappa shape index (κ2) is 43.6. The van der Waals surface area contributed by atoms with Crippen molar-refractivity contribution in [2.45, 2.75) is 225 Å². The van der Waals surface area contributed by atoms with Gasteiger partial charge in [0.05, 0.1) is 6.61 Å². The van der Waals surface area contributed by atoms with Gasteiger partial charge >= 0.3 is 19.8 Å². The van der Waals surface area contributed by atoms with Crippen molar-refractivity contribution in [3.63, 3.8) is 0 Å². The summed E-state index contributed by atoms with van der Waals surface area (Å²) in [5, 5.41) is 0. The second-order valence-electron chi connectivity index (χ2n) is 15.5. The van der Waals surface area contributed by atoms with Crippen LogP contribution in [0.15, 0.2) is 48.6 Å². The number of carbonyl (C=O) groups is 2. The van der Waals surface area contributed by atoms with Gasteiger partial charge in [-0.1, -0.05) is 178 Å². The summed E-state index contributed by atoms with van der Waals surface area (Å²) in [6.07, 6.45) is 53.1. The third-order valence-electron chi connectivity index (χ3n) is 10.0. The van der Waals surface area contributed by atoms with Crippen LogP contribution in [0, 0.1) is 0 Å². The third-order valence-corrected chi connectivity index (χ3v) is 11.0. The molecule has 0 aromatic heterocycles. The first kappa shape index (κ1) is 55.0. The number of ether oxygens (including phenoxy) is 2. The Bertz CT molecular complexity index is 1070. The van der Waals surface area contributed by atoms with Crippen LogP contribution in [0.3, 0.4) is 0 Å². The molecule has 1 N–H and O–H groups in total. The zero-order valence-electron chi connectivity index (χ0n) is 37.0. The van der Waals surface area contributed by atoms with Crippen molar-refractivity contribution in [3.05, 3.63) is 48.6 Å². The van der Waals surface area contributed by atoms with E-state index in [0.717, 1.165) is 77.7 Å². The highest BCUT2D eigenvalue weighted by molar-refractivity contribution is 7.47. The molecular formula is C48H87O8P. The summed E-state index contributed by atoms with van der Waals surface area (Å²) >= 11 is 0. The van der Waals surface area contributed by atoms with Crippen molar-refractivity contribution >= 4 is 19.8 Å². The number of esters is 2. The molecule has 0 aliphatic rings. The molecule has 332 valence electrons. The van der Waals surface area contributed by atoms with Crippen molar-refractivity contribution in [1.82, 2.24) is 0 Å². The van der Waals surface area contributed by atoms with Gasteiger partial charge in [0.15, 0.2) is 6.10 Å². The highest BCUT2D eigenvalue weighted by Gasteiger charge is 2.24. The van der Waals surface area contributed by atoms with Gasteiger partial charge in [0.25, 0.3) is 0 Å². The zero-order chi connectivity index (χ0) is 41.8. The summed E-state index contributed by atoms with van der Waals surface area (Å²) in [6, 6.07) is 0. The fourth-order valence-electron chi connectivity index (χ4n) is 6.42. The van der Waals surface area contributed by atoms with Gasteiger partial charge in [-0.25, -0.2) is 4.57 Å². The summed E-state index contributed by atoms with van der Waals surface area (Å²) in [5.74, 6) is -0.819. The Hall–Kier alpha value is -1.99. The van der Waals surface area contributed by atoms with Crippen LogP contribution in [-0.4, -0.2) is 43.3 Å². The minimum Gasteiger partial charge on any atom is -0.462 e. The monoisotopic (exact) mass is 823 g/mol. The lowest BCUT2D eigenvalue weighted by Crippen LogP contribution is -2.29. The second-order valence-corrected chi connectivity index (χ2v) is 17.1. The topological polar surface area (TPSA) is 108 Å². The smallest absolute Gasteiger partial charge is 0.462 e. The van der Waals surface area contributed by atoms with Crippen LogP contribution in [-0.2, 0) is 32.7 Å². The minimum atomic E-state index is -4.27. The number of hydrogen-bond donors (Lipinski definition) is 1. The standard InChI is InChI=1S/C48H87O8P/c1-4-6-8-10-12-14-16-18-20-21-22-23-24-25-26-27-29-31-33-35-37-39-41-43-48(50)56-46(45-55-57(51,52)53-3)44-54-47(49)42-40-38-36-34-32-30-28-19-17-15-13-11-9-7-5-2/h13,15-16,18-19,21-22,28,46H,4-12,14,17,20,23-27,29-45H2,1-3H3,(H,51,52)/b15-13-,18-16-,22-21-,28-19-. The first-order chi connectivity index (χ1) is 27.8. The molecule has 2 unspecified atom stereocenters. The van der Waals surface area contributed by atoms with Gasteiger partial charge in [0.2, 0.25) is 0 Å². The number of hydrogen-bond acceptors (Lipinski definition) is 7. The molecule has 0 fully saturated rings. The quantitative estimate of drug-likeness (QED) is 0.0280. The highest BCUT2D eigenvalue weighted by Crippen LogP contribution is 2.42.